The van der Waals surface area contributed by atoms with Crippen LogP contribution in [0.3, 0.4) is 0 Å². The van der Waals surface area contributed by atoms with Crippen LogP contribution in [0.15, 0.2) is 80.1 Å². The number of halogens is 1. The lowest BCUT2D eigenvalue weighted by Crippen LogP contribution is -2.28. The van der Waals surface area contributed by atoms with E-state index in [-0.39, 0.29) is 23.6 Å². The van der Waals surface area contributed by atoms with Crippen LogP contribution < -0.4 is 5.32 Å². The van der Waals surface area contributed by atoms with Crippen LogP contribution in [0.25, 0.3) is 0 Å². The van der Waals surface area contributed by atoms with E-state index in [4.69, 9.17) is 21.0 Å². The van der Waals surface area contributed by atoms with Gasteiger partial charge in [0.15, 0.2) is 0 Å². The summed E-state index contributed by atoms with van der Waals surface area (Å²) in [5, 5.41) is 15.8. The predicted molar refractivity (Wildman–Crippen MR) is 165 cm³/mol. The molecule has 0 fully saturated rings. The fourth-order valence-electron chi connectivity index (χ4n) is 4.91. The summed E-state index contributed by atoms with van der Waals surface area (Å²) in [6, 6.07) is 15.7. The Kier molecular flexibility index (Phi) is 8.68. The van der Waals surface area contributed by atoms with Crippen LogP contribution in [0, 0.1) is 21.4 Å². The minimum atomic E-state index is -0.419. The fraction of sp³-hybridized carbons (Fsp3) is 0.290. The quantitative estimate of drug-likeness (QED) is 0.122. The van der Waals surface area contributed by atoms with Crippen molar-refractivity contribution in [3.63, 3.8) is 0 Å². The molecule has 0 bridgehead atoms. The zero-order chi connectivity index (χ0) is 29.1. The van der Waals surface area contributed by atoms with Gasteiger partial charge >= 0.3 is 0 Å². The highest BCUT2D eigenvalue weighted by Crippen LogP contribution is 2.45. The Balaban J connectivity index is 1.51. The smallest absolute Gasteiger partial charge is 0.270 e. The summed E-state index contributed by atoms with van der Waals surface area (Å²) in [5.74, 6) is 0.972. The first kappa shape index (κ1) is 29.1. The Morgan fingerprint density at radius 1 is 1.24 bits per heavy atom. The van der Waals surface area contributed by atoms with Crippen molar-refractivity contribution in [2.45, 2.75) is 56.4 Å². The molecule has 1 amide bonds. The molecule has 10 heteroatoms. The van der Waals surface area contributed by atoms with Gasteiger partial charge in [-0.2, -0.15) is 0 Å². The van der Waals surface area contributed by atoms with Gasteiger partial charge in [0.1, 0.15) is 10.8 Å². The second kappa shape index (κ2) is 12.2. The van der Waals surface area contributed by atoms with Crippen LogP contribution in [-0.2, 0) is 19.4 Å². The van der Waals surface area contributed by atoms with Crippen LogP contribution in [-0.4, -0.2) is 17.0 Å². The number of aliphatic imine (C=N–C) groups is 1. The Bertz CT molecular complexity index is 1590. The van der Waals surface area contributed by atoms with Crippen molar-refractivity contribution in [3.8, 4) is 0 Å². The third-order valence-electron chi connectivity index (χ3n) is 7.27. The fourth-order valence-corrected chi connectivity index (χ4v) is 7.19. The van der Waals surface area contributed by atoms with Crippen LogP contribution >= 0.6 is 34.7 Å². The van der Waals surface area contributed by atoms with Crippen LogP contribution in [0.4, 0.5) is 10.7 Å². The maximum absolute atomic E-state index is 13.5. The molecule has 1 aliphatic rings. The highest BCUT2D eigenvalue weighted by Gasteiger charge is 2.33. The first-order valence-corrected chi connectivity index (χ1v) is 15.3. The van der Waals surface area contributed by atoms with E-state index in [1.54, 1.807) is 36.7 Å². The third-order valence-corrected chi connectivity index (χ3v) is 9.78. The number of amides is 1. The number of carbonyl (C=O) groups excluding carboxylic acids is 1. The number of fused-ring (bicyclic) bond motifs is 1. The highest BCUT2D eigenvalue weighted by atomic mass is 35.5. The molecular weight excluding hydrogens is 578 g/mol. The monoisotopic (exact) mass is 607 g/mol. The summed E-state index contributed by atoms with van der Waals surface area (Å²) < 4.78 is 5.39. The van der Waals surface area contributed by atoms with Gasteiger partial charge in [0.05, 0.1) is 23.3 Å². The lowest BCUT2D eigenvalue weighted by Gasteiger charge is -2.33. The van der Waals surface area contributed by atoms with Gasteiger partial charge in [-0.15, -0.1) is 11.3 Å². The first-order valence-electron chi connectivity index (χ1n) is 13.3. The number of nitrogens with zero attached hydrogens (tertiary/aromatic N) is 2. The molecule has 2 aromatic heterocycles. The maximum atomic E-state index is 13.5. The molecule has 1 atom stereocenters. The van der Waals surface area contributed by atoms with Crippen molar-refractivity contribution in [2.24, 2.45) is 16.3 Å². The molecule has 41 heavy (non-hydrogen) atoms. The Hall–Kier alpha value is -3.40. The second-order valence-electron chi connectivity index (χ2n) is 11.0. The molecule has 0 aliphatic heterocycles. The summed E-state index contributed by atoms with van der Waals surface area (Å²) in [6.07, 6.45) is 5.91. The van der Waals surface area contributed by atoms with Crippen molar-refractivity contribution in [1.29, 1.82) is 0 Å². The number of rotatable bonds is 8. The summed E-state index contributed by atoms with van der Waals surface area (Å²) in [6.45, 7) is 7.05. The Labute approximate surface area is 252 Å². The van der Waals surface area contributed by atoms with E-state index in [0.29, 0.717) is 32.8 Å². The van der Waals surface area contributed by atoms with E-state index in [1.165, 1.54) is 40.1 Å². The van der Waals surface area contributed by atoms with E-state index >= 15 is 0 Å². The van der Waals surface area contributed by atoms with Gasteiger partial charge in [0, 0.05) is 43.6 Å². The molecule has 2 aromatic carbocycles. The van der Waals surface area contributed by atoms with Crippen molar-refractivity contribution in [2.75, 3.05) is 0 Å². The van der Waals surface area contributed by atoms with Crippen molar-refractivity contribution in [1.82, 2.24) is 5.32 Å². The average Bonchev–Trinajstić information content (AvgIpc) is 3.59. The SMILES string of the molecule is CC(C)(C)[C@@H]1CCc2c(sc(N=Cc3cc([N+](=O)[O-])ccc3Sc3ccc(Cl)cc3)c2C(=O)NCc2ccco2)C1. The zero-order valence-electron chi connectivity index (χ0n) is 23.0. The number of hydrogen-bond acceptors (Lipinski definition) is 7. The maximum Gasteiger partial charge on any atom is 0.270 e. The average molecular weight is 608 g/mol. The minimum Gasteiger partial charge on any atom is -0.467 e. The van der Waals surface area contributed by atoms with Gasteiger partial charge in [0.2, 0.25) is 0 Å². The number of furan rings is 1. The van der Waals surface area contributed by atoms with Crippen LogP contribution in [0.1, 0.15) is 59.3 Å². The van der Waals surface area contributed by atoms with E-state index in [9.17, 15) is 14.9 Å². The lowest BCUT2D eigenvalue weighted by molar-refractivity contribution is -0.384. The third kappa shape index (κ3) is 6.92. The standard InChI is InChI=1S/C31H30ClN3O4S2/c1-31(2,3)20-6-12-25-27(16-20)41-30(28(25)29(36)33-18-23-5-4-14-39-23)34-17-19-15-22(35(37)38)9-13-26(19)40-24-10-7-21(32)8-11-24/h4-5,7-11,13-15,17,20H,6,12,16,18H2,1-3H3,(H,33,36)/t20-/m1/s1. The van der Waals surface area contributed by atoms with E-state index in [0.717, 1.165) is 34.6 Å². The molecule has 1 N–H and O–H groups in total. The number of thiophene rings is 1. The van der Waals surface area contributed by atoms with Crippen LogP contribution in [0.2, 0.25) is 5.02 Å². The number of nitrogens with one attached hydrogen (secondary N) is 1. The lowest BCUT2D eigenvalue weighted by atomic mass is 9.72. The molecule has 212 valence electrons. The van der Waals surface area contributed by atoms with Gasteiger partial charge in [-0.25, -0.2) is 4.99 Å². The van der Waals surface area contributed by atoms with Gasteiger partial charge in [-0.3, -0.25) is 14.9 Å². The van der Waals surface area contributed by atoms with Gasteiger partial charge in [0.25, 0.3) is 11.6 Å². The van der Waals surface area contributed by atoms with Gasteiger partial charge in [-0.1, -0.05) is 44.1 Å². The number of carbonyl (C=O) groups is 1. The second-order valence-corrected chi connectivity index (χ2v) is 13.7. The molecule has 0 saturated carbocycles. The number of nitro groups is 1. The molecule has 0 unspecified atom stereocenters. The van der Waals surface area contributed by atoms with Gasteiger partial charge < -0.3 is 9.73 Å². The Morgan fingerprint density at radius 2 is 2.02 bits per heavy atom. The van der Waals surface area contributed by atoms with Gasteiger partial charge in [-0.05, 0) is 78.6 Å². The summed E-state index contributed by atoms with van der Waals surface area (Å²) in [5.41, 5.74) is 2.36. The molecule has 0 spiro atoms. The number of hydrogen-bond donors (Lipinski definition) is 1. The molecule has 1 aliphatic carbocycles. The largest absolute Gasteiger partial charge is 0.467 e. The molecule has 7 nitrogen and oxygen atoms in total. The summed E-state index contributed by atoms with van der Waals surface area (Å²) in [7, 11) is 0. The van der Waals surface area contributed by atoms with Crippen LogP contribution in [0.5, 0.6) is 0 Å². The molecule has 0 radical (unpaired) electrons. The van der Waals surface area contributed by atoms with E-state index in [1.807, 2.05) is 18.2 Å². The number of benzene rings is 2. The molecule has 4 aromatic rings. The zero-order valence-corrected chi connectivity index (χ0v) is 25.4. The van der Waals surface area contributed by atoms with E-state index in [2.05, 4.69) is 26.1 Å². The van der Waals surface area contributed by atoms with E-state index < -0.39 is 4.92 Å². The normalized spacial score (nSPS) is 15.2. The minimum absolute atomic E-state index is 0.0261. The predicted octanol–water partition coefficient (Wildman–Crippen LogP) is 8.89. The van der Waals surface area contributed by atoms with Crippen molar-refractivity contribution < 1.29 is 14.1 Å². The summed E-state index contributed by atoms with van der Waals surface area (Å²) >= 11 is 9.05. The Morgan fingerprint density at radius 3 is 2.71 bits per heavy atom. The number of non-ortho nitro benzene ring substituents is 1. The molecule has 5 rings (SSSR count). The number of nitro benzene ring substituents is 1. The molecule has 2 heterocycles. The van der Waals surface area contributed by atoms with Crippen molar-refractivity contribution >= 4 is 57.5 Å². The van der Waals surface area contributed by atoms with Crippen molar-refractivity contribution in [3.05, 3.63) is 103 Å². The highest BCUT2D eigenvalue weighted by molar-refractivity contribution is 7.99. The molecule has 0 saturated heterocycles. The summed E-state index contributed by atoms with van der Waals surface area (Å²) in [4.78, 5) is 32.4. The topological polar surface area (TPSA) is 97.7 Å². The first-order chi connectivity index (χ1) is 19.6. The molecular formula is C31H30ClN3O4S2.